The second-order valence-corrected chi connectivity index (χ2v) is 4.57. The summed E-state index contributed by atoms with van der Waals surface area (Å²) in [6.07, 6.45) is -1.49. The Bertz CT molecular complexity index is 381. The maximum Gasteiger partial charge on any atom is 0.417 e. The fourth-order valence-corrected chi connectivity index (χ4v) is 2.14. The van der Waals surface area contributed by atoms with Crippen LogP contribution in [0.2, 0.25) is 0 Å². The largest absolute Gasteiger partial charge is 0.417 e. The van der Waals surface area contributed by atoms with E-state index >= 15 is 0 Å². The molecular formula is C12H16F3N3. The van der Waals surface area contributed by atoms with Crippen molar-refractivity contribution in [3.63, 3.8) is 0 Å². The van der Waals surface area contributed by atoms with Gasteiger partial charge in [-0.05, 0) is 37.4 Å². The number of nitrogens with zero attached hydrogens (tertiary/aromatic N) is 2. The molecule has 0 radical (unpaired) electrons. The first-order valence-corrected chi connectivity index (χ1v) is 5.99. The van der Waals surface area contributed by atoms with E-state index in [4.69, 9.17) is 5.73 Å². The number of hydrogen-bond donors (Lipinski definition) is 1. The van der Waals surface area contributed by atoms with Crippen molar-refractivity contribution in [2.24, 2.45) is 11.7 Å². The Labute approximate surface area is 104 Å². The summed E-state index contributed by atoms with van der Waals surface area (Å²) < 4.78 is 37.2. The predicted molar refractivity (Wildman–Crippen MR) is 63.2 cm³/mol. The molecule has 0 unspecified atom stereocenters. The average Bonchev–Trinajstić information content (AvgIpc) is 2.38. The molecule has 1 saturated heterocycles. The van der Waals surface area contributed by atoms with E-state index in [1.165, 1.54) is 6.07 Å². The maximum absolute atomic E-state index is 12.4. The van der Waals surface area contributed by atoms with Gasteiger partial charge in [-0.3, -0.25) is 0 Å². The van der Waals surface area contributed by atoms with E-state index < -0.39 is 11.7 Å². The highest BCUT2D eigenvalue weighted by Gasteiger charge is 2.31. The molecule has 0 amide bonds. The zero-order valence-electron chi connectivity index (χ0n) is 9.95. The van der Waals surface area contributed by atoms with Crippen molar-refractivity contribution in [3.8, 4) is 0 Å². The van der Waals surface area contributed by atoms with Crippen LogP contribution < -0.4 is 10.6 Å². The number of hydrogen-bond acceptors (Lipinski definition) is 3. The van der Waals surface area contributed by atoms with E-state index in [0.29, 0.717) is 18.3 Å². The van der Waals surface area contributed by atoms with Gasteiger partial charge in [-0.1, -0.05) is 0 Å². The van der Waals surface area contributed by atoms with Gasteiger partial charge in [0.25, 0.3) is 0 Å². The second kappa shape index (κ2) is 5.14. The van der Waals surface area contributed by atoms with Crippen LogP contribution in [0.25, 0.3) is 0 Å². The normalized spacial score (nSPS) is 18.1. The van der Waals surface area contributed by atoms with Crippen molar-refractivity contribution in [1.82, 2.24) is 4.98 Å². The van der Waals surface area contributed by atoms with Crippen LogP contribution in [0, 0.1) is 5.92 Å². The summed E-state index contributed by atoms with van der Waals surface area (Å²) in [5.74, 6) is 1.13. The van der Waals surface area contributed by atoms with Crippen molar-refractivity contribution in [1.29, 1.82) is 0 Å². The lowest BCUT2D eigenvalue weighted by Crippen LogP contribution is -2.36. The number of rotatable bonds is 2. The molecule has 2 rings (SSSR count). The summed E-state index contributed by atoms with van der Waals surface area (Å²) in [7, 11) is 0. The highest BCUT2D eigenvalue weighted by molar-refractivity contribution is 5.40. The predicted octanol–water partition coefficient (Wildman–Crippen LogP) is 2.28. The van der Waals surface area contributed by atoms with Gasteiger partial charge in [0.2, 0.25) is 0 Å². The molecule has 6 heteroatoms. The molecule has 0 aromatic carbocycles. The Kier molecular flexibility index (Phi) is 3.75. The first kappa shape index (κ1) is 13.1. The first-order valence-electron chi connectivity index (χ1n) is 5.99. The molecule has 0 aliphatic carbocycles. The van der Waals surface area contributed by atoms with Gasteiger partial charge >= 0.3 is 6.18 Å². The lowest BCUT2D eigenvalue weighted by molar-refractivity contribution is -0.137. The van der Waals surface area contributed by atoms with Crippen molar-refractivity contribution in [3.05, 3.63) is 23.9 Å². The molecule has 0 spiro atoms. The van der Waals surface area contributed by atoms with Crippen LogP contribution >= 0.6 is 0 Å². The molecule has 2 heterocycles. The number of alkyl halides is 3. The number of piperidine rings is 1. The van der Waals surface area contributed by atoms with Gasteiger partial charge in [-0.15, -0.1) is 0 Å². The summed E-state index contributed by atoms with van der Waals surface area (Å²) in [5.41, 5.74) is 4.89. The zero-order valence-corrected chi connectivity index (χ0v) is 9.95. The molecule has 2 N–H and O–H groups in total. The van der Waals surface area contributed by atoms with Crippen molar-refractivity contribution in [2.45, 2.75) is 19.0 Å². The van der Waals surface area contributed by atoms with E-state index in [-0.39, 0.29) is 0 Å². The van der Waals surface area contributed by atoms with Gasteiger partial charge in [0.15, 0.2) is 0 Å². The second-order valence-electron chi connectivity index (χ2n) is 4.57. The molecule has 1 fully saturated rings. The van der Waals surface area contributed by atoms with Crippen LogP contribution in [0.3, 0.4) is 0 Å². The molecule has 1 aromatic heterocycles. The highest BCUT2D eigenvalue weighted by atomic mass is 19.4. The Morgan fingerprint density at radius 1 is 1.28 bits per heavy atom. The van der Waals surface area contributed by atoms with E-state index in [1.54, 1.807) is 0 Å². The van der Waals surface area contributed by atoms with E-state index in [9.17, 15) is 13.2 Å². The smallest absolute Gasteiger partial charge is 0.357 e. The van der Waals surface area contributed by atoms with Crippen LogP contribution in [-0.2, 0) is 6.18 Å². The Hall–Kier alpha value is -1.30. The topological polar surface area (TPSA) is 42.1 Å². The Morgan fingerprint density at radius 3 is 2.39 bits per heavy atom. The van der Waals surface area contributed by atoms with Crippen LogP contribution in [0.1, 0.15) is 18.4 Å². The van der Waals surface area contributed by atoms with Crippen LogP contribution in [0.15, 0.2) is 18.3 Å². The minimum Gasteiger partial charge on any atom is -0.357 e. The third-order valence-corrected chi connectivity index (χ3v) is 3.35. The summed E-state index contributed by atoms with van der Waals surface area (Å²) in [6, 6.07) is 2.52. The molecule has 0 atom stereocenters. The summed E-state index contributed by atoms with van der Waals surface area (Å²) in [5, 5.41) is 0. The molecule has 1 aromatic rings. The van der Waals surface area contributed by atoms with Gasteiger partial charge in [0.05, 0.1) is 5.56 Å². The molecule has 0 bridgehead atoms. The maximum atomic E-state index is 12.4. The number of halogens is 3. The minimum atomic E-state index is -4.32. The van der Waals surface area contributed by atoms with Crippen LogP contribution in [0.5, 0.6) is 0 Å². The van der Waals surface area contributed by atoms with Gasteiger partial charge in [0.1, 0.15) is 5.82 Å². The van der Waals surface area contributed by atoms with Gasteiger partial charge in [-0.2, -0.15) is 13.2 Å². The number of pyridine rings is 1. The zero-order chi connectivity index (χ0) is 13.2. The van der Waals surface area contributed by atoms with Crippen LogP contribution in [0.4, 0.5) is 19.0 Å². The SMILES string of the molecule is NCC1CCN(c2ccc(C(F)(F)F)cn2)CC1. The molecular weight excluding hydrogens is 243 g/mol. The van der Waals surface area contributed by atoms with E-state index in [0.717, 1.165) is 38.2 Å². The lowest BCUT2D eigenvalue weighted by Gasteiger charge is -2.32. The third-order valence-electron chi connectivity index (χ3n) is 3.35. The average molecular weight is 259 g/mol. The molecule has 100 valence electrons. The van der Waals surface area contributed by atoms with E-state index in [2.05, 4.69) is 4.98 Å². The van der Waals surface area contributed by atoms with Crippen molar-refractivity contribution < 1.29 is 13.2 Å². The lowest BCUT2D eigenvalue weighted by atomic mass is 9.97. The van der Waals surface area contributed by atoms with Gasteiger partial charge in [0, 0.05) is 19.3 Å². The molecule has 0 saturated carbocycles. The number of anilines is 1. The minimum absolute atomic E-state index is 0.524. The third kappa shape index (κ3) is 2.93. The van der Waals surface area contributed by atoms with Gasteiger partial charge < -0.3 is 10.6 Å². The fraction of sp³-hybridized carbons (Fsp3) is 0.583. The monoisotopic (exact) mass is 259 g/mol. The highest BCUT2D eigenvalue weighted by Crippen LogP contribution is 2.30. The summed E-state index contributed by atoms with van der Waals surface area (Å²) in [6.45, 7) is 2.29. The number of nitrogens with two attached hydrogens (primary N) is 1. The molecule has 1 aliphatic heterocycles. The van der Waals surface area contributed by atoms with Crippen molar-refractivity contribution in [2.75, 3.05) is 24.5 Å². The van der Waals surface area contributed by atoms with E-state index in [1.807, 2.05) is 4.90 Å². The molecule has 18 heavy (non-hydrogen) atoms. The Balaban J connectivity index is 2.02. The fourth-order valence-electron chi connectivity index (χ4n) is 2.14. The van der Waals surface area contributed by atoms with Gasteiger partial charge in [-0.25, -0.2) is 4.98 Å². The van der Waals surface area contributed by atoms with Crippen LogP contribution in [-0.4, -0.2) is 24.6 Å². The quantitative estimate of drug-likeness (QED) is 0.886. The Morgan fingerprint density at radius 2 is 1.94 bits per heavy atom. The molecule has 1 aliphatic rings. The summed E-state index contributed by atoms with van der Waals surface area (Å²) >= 11 is 0. The first-order chi connectivity index (χ1) is 8.50. The standard InChI is InChI=1S/C12H16F3N3/c13-12(14,15)10-1-2-11(17-8-10)18-5-3-9(7-16)4-6-18/h1-2,8-9H,3-7,16H2. The number of aromatic nitrogens is 1. The summed E-state index contributed by atoms with van der Waals surface area (Å²) in [4.78, 5) is 5.90. The van der Waals surface area contributed by atoms with Crippen molar-refractivity contribution >= 4 is 5.82 Å². The molecule has 3 nitrogen and oxygen atoms in total.